The van der Waals surface area contributed by atoms with Crippen LogP contribution in [0, 0.1) is 6.92 Å². The Morgan fingerprint density at radius 3 is 2.67 bits per heavy atom. The first-order valence-corrected chi connectivity index (χ1v) is 9.47. The van der Waals surface area contributed by atoms with Gasteiger partial charge >= 0.3 is 5.97 Å². The summed E-state index contributed by atoms with van der Waals surface area (Å²) in [6, 6.07) is 16.2. The van der Waals surface area contributed by atoms with Crippen molar-refractivity contribution in [2.24, 2.45) is 0 Å². The smallest absolute Gasteiger partial charge is 0.339 e. The maximum absolute atomic E-state index is 11.9. The van der Waals surface area contributed by atoms with Crippen molar-refractivity contribution in [3.05, 3.63) is 59.7 Å². The first kappa shape index (κ1) is 19.2. The molecule has 1 unspecified atom stereocenters. The Labute approximate surface area is 165 Å². The topological polar surface area (TPSA) is 44.8 Å². The van der Waals surface area contributed by atoms with Gasteiger partial charge in [-0.05, 0) is 55.9 Å². The number of para-hydroxylation sites is 1. The summed E-state index contributed by atoms with van der Waals surface area (Å²) in [5, 5.41) is 3.84. The number of methoxy groups -OCH3 is 1. The minimum absolute atomic E-state index is 0.330. The number of benzene rings is 2. The fraction of sp³-hybridized carbons (Fsp3) is 0.333. The highest BCUT2D eigenvalue weighted by atomic mass is 32.1. The molecule has 1 fully saturated rings. The summed E-state index contributed by atoms with van der Waals surface area (Å²) in [6.45, 7) is 6.86. The van der Waals surface area contributed by atoms with E-state index in [4.69, 9.17) is 17.0 Å². The highest BCUT2D eigenvalue weighted by molar-refractivity contribution is 7.80. The summed E-state index contributed by atoms with van der Waals surface area (Å²) in [7, 11) is 1.38. The van der Waals surface area contributed by atoms with Crippen molar-refractivity contribution in [2.75, 3.05) is 37.0 Å². The summed E-state index contributed by atoms with van der Waals surface area (Å²) in [4.78, 5) is 16.5. The first-order valence-electron chi connectivity index (χ1n) is 9.06. The standard InChI is InChI=1S/C21H25N3O2S/c1-15-7-6-8-17(13-15)24-12-11-23(14-16(24)2)21(27)22-19-10-5-4-9-18(19)20(25)26-3/h4-10,13,16H,11-12,14H2,1-3H3,(H,22,27). The molecule has 1 saturated heterocycles. The van der Waals surface area contributed by atoms with Crippen molar-refractivity contribution in [1.82, 2.24) is 4.90 Å². The van der Waals surface area contributed by atoms with Crippen molar-refractivity contribution < 1.29 is 9.53 Å². The van der Waals surface area contributed by atoms with Crippen molar-refractivity contribution in [2.45, 2.75) is 19.9 Å². The van der Waals surface area contributed by atoms with E-state index in [-0.39, 0.29) is 5.97 Å². The van der Waals surface area contributed by atoms with Crippen LogP contribution in [-0.4, -0.2) is 48.8 Å². The molecule has 1 atom stereocenters. The van der Waals surface area contributed by atoms with Crippen LogP contribution >= 0.6 is 12.2 Å². The number of hydrogen-bond acceptors (Lipinski definition) is 4. The summed E-state index contributed by atoms with van der Waals surface area (Å²) >= 11 is 5.61. The minimum Gasteiger partial charge on any atom is -0.465 e. The Morgan fingerprint density at radius 2 is 1.96 bits per heavy atom. The lowest BCUT2D eigenvalue weighted by molar-refractivity contribution is 0.0602. The molecule has 0 aliphatic carbocycles. The Hall–Kier alpha value is -2.60. The van der Waals surface area contributed by atoms with Gasteiger partial charge in [-0.25, -0.2) is 4.79 Å². The van der Waals surface area contributed by atoms with Gasteiger partial charge < -0.3 is 19.9 Å². The van der Waals surface area contributed by atoms with E-state index in [1.807, 2.05) is 18.2 Å². The van der Waals surface area contributed by atoms with Gasteiger partial charge in [0.15, 0.2) is 5.11 Å². The van der Waals surface area contributed by atoms with E-state index in [1.54, 1.807) is 6.07 Å². The van der Waals surface area contributed by atoms with E-state index in [0.29, 0.717) is 22.4 Å². The predicted molar refractivity (Wildman–Crippen MR) is 114 cm³/mol. The molecule has 0 aromatic heterocycles. The highest BCUT2D eigenvalue weighted by Crippen LogP contribution is 2.23. The van der Waals surface area contributed by atoms with Crippen molar-refractivity contribution in [3.63, 3.8) is 0 Å². The molecule has 0 bridgehead atoms. The van der Waals surface area contributed by atoms with Crippen LogP contribution in [0.15, 0.2) is 48.5 Å². The second kappa shape index (κ2) is 8.39. The average molecular weight is 384 g/mol. The second-order valence-electron chi connectivity index (χ2n) is 6.79. The third kappa shape index (κ3) is 4.39. The molecule has 1 heterocycles. The number of thiocarbonyl (C=S) groups is 1. The molecule has 1 N–H and O–H groups in total. The van der Waals surface area contributed by atoms with E-state index >= 15 is 0 Å². The van der Waals surface area contributed by atoms with Gasteiger partial charge in [-0.2, -0.15) is 0 Å². The van der Waals surface area contributed by atoms with E-state index in [0.717, 1.165) is 19.6 Å². The monoisotopic (exact) mass is 383 g/mol. The number of nitrogens with one attached hydrogen (secondary N) is 1. The van der Waals surface area contributed by atoms with Gasteiger partial charge in [0.2, 0.25) is 0 Å². The number of hydrogen-bond donors (Lipinski definition) is 1. The van der Waals surface area contributed by atoms with Crippen LogP contribution in [0.4, 0.5) is 11.4 Å². The number of carbonyl (C=O) groups is 1. The molecule has 3 rings (SSSR count). The molecule has 1 aliphatic rings. The maximum Gasteiger partial charge on any atom is 0.339 e. The number of nitrogens with zero attached hydrogens (tertiary/aromatic N) is 2. The lowest BCUT2D eigenvalue weighted by Crippen LogP contribution is -2.54. The third-order valence-corrected chi connectivity index (χ3v) is 5.18. The van der Waals surface area contributed by atoms with Gasteiger partial charge in [-0.15, -0.1) is 0 Å². The minimum atomic E-state index is -0.376. The first-order chi connectivity index (χ1) is 13.0. The van der Waals surface area contributed by atoms with Crippen LogP contribution in [0.1, 0.15) is 22.8 Å². The van der Waals surface area contributed by atoms with Gasteiger partial charge in [0.1, 0.15) is 0 Å². The average Bonchev–Trinajstić information content (AvgIpc) is 2.67. The molecule has 0 amide bonds. The lowest BCUT2D eigenvalue weighted by Gasteiger charge is -2.42. The summed E-state index contributed by atoms with van der Waals surface area (Å²) < 4.78 is 4.85. The Morgan fingerprint density at radius 1 is 1.19 bits per heavy atom. The SMILES string of the molecule is COC(=O)c1ccccc1NC(=S)N1CCN(c2cccc(C)c2)C(C)C1. The number of ether oxygens (including phenoxy) is 1. The molecular weight excluding hydrogens is 358 g/mol. The van der Waals surface area contributed by atoms with Crippen molar-refractivity contribution in [3.8, 4) is 0 Å². The van der Waals surface area contributed by atoms with Gasteiger partial charge in [0.05, 0.1) is 18.4 Å². The normalized spacial score (nSPS) is 16.8. The highest BCUT2D eigenvalue weighted by Gasteiger charge is 2.26. The summed E-state index contributed by atoms with van der Waals surface area (Å²) in [6.07, 6.45) is 0. The largest absolute Gasteiger partial charge is 0.465 e. The zero-order valence-electron chi connectivity index (χ0n) is 15.9. The van der Waals surface area contributed by atoms with E-state index in [1.165, 1.54) is 18.4 Å². The maximum atomic E-state index is 11.9. The van der Waals surface area contributed by atoms with E-state index in [9.17, 15) is 4.79 Å². The van der Waals surface area contributed by atoms with Gasteiger partial charge in [0.25, 0.3) is 0 Å². The number of anilines is 2. The fourth-order valence-corrected chi connectivity index (χ4v) is 3.68. The quantitative estimate of drug-likeness (QED) is 0.644. The molecular formula is C21H25N3O2S. The van der Waals surface area contributed by atoms with Crippen LogP contribution in [0.3, 0.4) is 0 Å². The second-order valence-corrected chi connectivity index (χ2v) is 7.18. The molecule has 0 spiro atoms. The number of rotatable bonds is 3. The Balaban J connectivity index is 1.67. The molecule has 6 heteroatoms. The van der Waals surface area contributed by atoms with Crippen LogP contribution in [-0.2, 0) is 4.74 Å². The van der Waals surface area contributed by atoms with Gasteiger partial charge in [-0.3, -0.25) is 0 Å². The lowest BCUT2D eigenvalue weighted by atomic mass is 10.1. The fourth-order valence-electron chi connectivity index (χ4n) is 3.41. The zero-order chi connectivity index (χ0) is 19.4. The van der Waals surface area contributed by atoms with E-state index < -0.39 is 0 Å². The molecule has 142 valence electrons. The summed E-state index contributed by atoms with van der Waals surface area (Å²) in [5.74, 6) is -0.376. The van der Waals surface area contributed by atoms with Crippen LogP contribution in [0.2, 0.25) is 0 Å². The zero-order valence-corrected chi connectivity index (χ0v) is 16.8. The van der Waals surface area contributed by atoms with Crippen molar-refractivity contribution >= 4 is 34.7 Å². The van der Waals surface area contributed by atoms with Crippen molar-refractivity contribution in [1.29, 1.82) is 0 Å². The molecule has 2 aromatic carbocycles. The summed E-state index contributed by atoms with van der Waals surface area (Å²) in [5.41, 5.74) is 3.66. The van der Waals surface area contributed by atoms with Crippen LogP contribution < -0.4 is 10.2 Å². The van der Waals surface area contributed by atoms with Crippen LogP contribution in [0.25, 0.3) is 0 Å². The number of aryl methyl sites for hydroxylation is 1. The number of carbonyl (C=O) groups excluding carboxylic acids is 1. The number of piperazine rings is 1. The third-order valence-electron chi connectivity index (χ3n) is 4.82. The molecule has 1 aliphatic heterocycles. The molecule has 0 radical (unpaired) electrons. The number of esters is 1. The van der Waals surface area contributed by atoms with Gasteiger partial charge in [-0.1, -0.05) is 24.3 Å². The van der Waals surface area contributed by atoms with Crippen LogP contribution in [0.5, 0.6) is 0 Å². The molecule has 5 nitrogen and oxygen atoms in total. The van der Waals surface area contributed by atoms with Gasteiger partial charge in [0, 0.05) is 31.4 Å². The van der Waals surface area contributed by atoms with E-state index in [2.05, 4.69) is 53.2 Å². The molecule has 0 saturated carbocycles. The molecule has 2 aromatic rings. The Bertz CT molecular complexity index is 840. The molecule has 27 heavy (non-hydrogen) atoms. The Kier molecular flexibility index (Phi) is 5.96. The predicted octanol–water partition coefficient (Wildman–Crippen LogP) is 3.69.